The van der Waals surface area contributed by atoms with E-state index in [9.17, 15) is 9.46 Å². The van der Waals surface area contributed by atoms with Crippen molar-refractivity contribution in [2.75, 3.05) is 6.16 Å². The summed E-state index contributed by atoms with van der Waals surface area (Å²) in [6.07, 6.45) is 11.2. The molecule has 1 saturated carbocycles. The van der Waals surface area contributed by atoms with E-state index < -0.39 is 7.37 Å². The average molecular weight is 350 g/mol. The van der Waals surface area contributed by atoms with Gasteiger partial charge in [0.25, 0.3) is 0 Å². The summed E-state index contributed by atoms with van der Waals surface area (Å²) in [5.74, 6) is 0.471. The molecule has 0 aliphatic heterocycles. The molecule has 16 heavy (non-hydrogen) atoms. The molecule has 0 aromatic heterocycles. The second kappa shape index (κ2) is 4.79. The molecule has 1 N–H and O–H groups in total. The van der Waals surface area contributed by atoms with Gasteiger partial charge in [-0.15, -0.1) is 6.58 Å². The van der Waals surface area contributed by atoms with Crippen LogP contribution >= 0.6 is 30.0 Å². The number of allylic oxidation sites excluding steroid dienone is 5. The van der Waals surface area contributed by atoms with Crippen molar-refractivity contribution in [1.29, 1.82) is 0 Å². The lowest BCUT2D eigenvalue weighted by molar-refractivity contribution is 0.468. The Morgan fingerprint density at radius 2 is 2.19 bits per heavy atom. The third kappa shape index (κ3) is 2.69. The Kier molecular flexibility index (Phi) is 3.77. The predicted molar refractivity (Wildman–Crippen MR) is 76.4 cm³/mol. The monoisotopic (exact) mass is 350 g/mol. The molecule has 0 amide bonds. The summed E-state index contributed by atoms with van der Waals surface area (Å²) in [6.45, 7) is 3.69. The highest BCUT2D eigenvalue weighted by Crippen LogP contribution is 2.62. The summed E-state index contributed by atoms with van der Waals surface area (Å²) in [7, 11) is -2.99. The molecule has 2 nitrogen and oxygen atoms in total. The molecule has 0 heterocycles. The van der Waals surface area contributed by atoms with Crippen LogP contribution in [0.15, 0.2) is 37.0 Å². The van der Waals surface area contributed by atoms with Crippen LogP contribution in [-0.4, -0.2) is 20.6 Å². The summed E-state index contributed by atoms with van der Waals surface area (Å²) >= 11 is 2.33. The summed E-state index contributed by atoms with van der Waals surface area (Å²) in [6, 6.07) is 0. The zero-order valence-electron chi connectivity index (χ0n) is 9.00. The van der Waals surface area contributed by atoms with Crippen LogP contribution < -0.4 is 0 Å². The van der Waals surface area contributed by atoms with Crippen molar-refractivity contribution in [2.24, 2.45) is 11.8 Å². The number of hydrogen-bond donors (Lipinski definition) is 1. The number of hydrogen-bond acceptors (Lipinski definition) is 1. The van der Waals surface area contributed by atoms with Gasteiger partial charge in [-0.1, -0.05) is 53.0 Å². The van der Waals surface area contributed by atoms with E-state index in [2.05, 4.69) is 35.2 Å². The highest BCUT2D eigenvalue weighted by atomic mass is 127. The van der Waals surface area contributed by atoms with Crippen LogP contribution in [0.3, 0.4) is 0 Å². The first-order valence-corrected chi connectivity index (χ1v) is 8.63. The van der Waals surface area contributed by atoms with Crippen molar-refractivity contribution < 1.29 is 9.46 Å². The van der Waals surface area contributed by atoms with E-state index in [0.29, 0.717) is 10.1 Å². The molecule has 0 spiro atoms. The van der Waals surface area contributed by atoms with Crippen LogP contribution in [0.2, 0.25) is 0 Å². The zero-order chi connectivity index (χ0) is 11.8. The lowest BCUT2D eigenvalue weighted by Gasteiger charge is -2.22. The highest BCUT2D eigenvalue weighted by molar-refractivity contribution is 14.1. The summed E-state index contributed by atoms with van der Waals surface area (Å²) in [5.41, 5.74) is -0.0205. The minimum absolute atomic E-state index is 0.0205. The van der Waals surface area contributed by atoms with Gasteiger partial charge < -0.3 is 4.89 Å². The third-order valence-corrected chi connectivity index (χ3v) is 7.19. The summed E-state index contributed by atoms with van der Waals surface area (Å²) < 4.78 is 12.5. The standard InChI is InChI=1S/C12H16IO2P/c1-2-9-7-12(9)16(14,15)8-10-5-3-4-6-11(10)13/h2-6,9-12H,1,7-8H2,(H,14,15)/t9-,10?,11?,12+/m1/s1. The molecule has 5 atom stereocenters. The fourth-order valence-electron chi connectivity index (χ4n) is 2.14. The Morgan fingerprint density at radius 3 is 2.75 bits per heavy atom. The van der Waals surface area contributed by atoms with E-state index >= 15 is 0 Å². The second-order valence-electron chi connectivity index (χ2n) is 4.52. The molecule has 2 aliphatic carbocycles. The van der Waals surface area contributed by atoms with Gasteiger partial charge in [0, 0.05) is 21.7 Å². The van der Waals surface area contributed by atoms with Crippen LogP contribution in [0.25, 0.3) is 0 Å². The Labute approximate surface area is 110 Å². The highest BCUT2D eigenvalue weighted by Gasteiger charge is 2.48. The van der Waals surface area contributed by atoms with Gasteiger partial charge in [0.2, 0.25) is 7.37 Å². The molecule has 2 rings (SSSR count). The Morgan fingerprint density at radius 1 is 1.50 bits per heavy atom. The molecule has 0 aromatic rings. The Bertz CT molecular complexity index is 388. The van der Waals surface area contributed by atoms with Gasteiger partial charge in [-0.25, -0.2) is 0 Å². The molecule has 1 fully saturated rings. The molecule has 0 aromatic carbocycles. The van der Waals surface area contributed by atoms with Gasteiger partial charge in [0.05, 0.1) is 0 Å². The van der Waals surface area contributed by atoms with Crippen LogP contribution in [0.5, 0.6) is 0 Å². The first kappa shape index (κ1) is 12.6. The molecule has 88 valence electrons. The van der Waals surface area contributed by atoms with E-state index in [1.54, 1.807) is 0 Å². The van der Waals surface area contributed by atoms with Crippen LogP contribution in [-0.2, 0) is 4.57 Å². The van der Waals surface area contributed by atoms with Crippen molar-refractivity contribution in [3.05, 3.63) is 37.0 Å². The van der Waals surface area contributed by atoms with E-state index in [-0.39, 0.29) is 17.5 Å². The normalized spacial score (nSPS) is 40.4. The van der Waals surface area contributed by atoms with Crippen molar-refractivity contribution in [2.45, 2.75) is 16.0 Å². The fourth-order valence-corrected chi connectivity index (χ4v) is 5.80. The van der Waals surface area contributed by atoms with Crippen LogP contribution in [0.4, 0.5) is 0 Å². The molecule has 3 unspecified atom stereocenters. The first-order valence-electron chi connectivity index (χ1n) is 5.47. The van der Waals surface area contributed by atoms with Gasteiger partial charge in [0.15, 0.2) is 0 Å². The maximum absolute atomic E-state index is 12.2. The van der Waals surface area contributed by atoms with E-state index in [1.807, 2.05) is 24.3 Å². The lowest BCUT2D eigenvalue weighted by Crippen LogP contribution is -2.17. The van der Waals surface area contributed by atoms with Crippen LogP contribution in [0.1, 0.15) is 6.42 Å². The van der Waals surface area contributed by atoms with Gasteiger partial charge in [-0.2, -0.15) is 0 Å². The summed E-state index contributed by atoms with van der Waals surface area (Å²) in [5, 5.41) is 0. The molecule has 0 radical (unpaired) electrons. The maximum atomic E-state index is 12.2. The molecular formula is C12H16IO2P. The van der Waals surface area contributed by atoms with Crippen molar-refractivity contribution >= 4 is 30.0 Å². The zero-order valence-corrected chi connectivity index (χ0v) is 12.1. The number of halogens is 1. The van der Waals surface area contributed by atoms with Crippen LogP contribution in [0, 0.1) is 11.8 Å². The van der Waals surface area contributed by atoms with Gasteiger partial charge in [0.1, 0.15) is 0 Å². The van der Waals surface area contributed by atoms with Crippen molar-refractivity contribution in [1.82, 2.24) is 0 Å². The molecule has 4 heteroatoms. The van der Waals surface area contributed by atoms with Gasteiger partial charge >= 0.3 is 0 Å². The van der Waals surface area contributed by atoms with Gasteiger partial charge in [-0.3, -0.25) is 4.57 Å². The molecule has 0 saturated heterocycles. The largest absolute Gasteiger partial charge is 0.344 e. The summed E-state index contributed by atoms with van der Waals surface area (Å²) in [4.78, 5) is 10.1. The third-order valence-electron chi connectivity index (χ3n) is 3.27. The predicted octanol–water partition coefficient (Wildman–Crippen LogP) is 3.38. The van der Waals surface area contributed by atoms with E-state index in [1.165, 1.54) is 0 Å². The number of alkyl halides is 1. The van der Waals surface area contributed by atoms with Crippen molar-refractivity contribution in [3.8, 4) is 0 Å². The minimum Gasteiger partial charge on any atom is -0.344 e. The molecular weight excluding hydrogens is 334 g/mol. The van der Waals surface area contributed by atoms with E-state index in [4.69, 9.17) is 0 Å². The van der Waals surface area contributed by atoms with E-state index in [0.717, 1.165) is 6.42 Å². The van der Waals surface area contributed by atoms with Gasteiger partial charge in [-0.05, 0) is 12.3 Å². The Hall–Kier alpha value is 0.140. The average Bonchev–Trinajstić information content (AvgIpc) is 3.01. The molecule has 2 aliphatic rings. The minimum atomic E-state index is -2.99. The SMILES string of the molecule is C=C[C@@H]1C[C@@H]1P(=O)(O)CC1C=CC=CC1I. The second-order valence-corrected chi connectivity index (χ2v) is 8.50. The molecule has 0 bridgehead atoms. The topological polar surface area (TPSA) is 37.3 Å². The number of rotatable bonds is 4. The lowest BCUT2D eigenvalue weighted by atomic mass is 10.0. The first-order chi connectivity index (χ1) is 7.54. The van der Waals surface area contributed by atoms with Crippen molar-refractivity contribution in [3.63, 3.8) is 0 Å². The smallest absolute Gasteiger partial charge is 0.204 e. The fraction of sp³-hybridized carbons (Fsp3) is 0.500. The quantitative estimate of drug-likeness (QED) is 0.365. The maximum Gasteiger partial charge on any atom is 0.204 e. The Balaban J connectivity index is 1.99.